The van der Waals surface area contributed by atoms with Gasteiger partial charge in [-0.15, -0.1) is 0 Å². The Morgan fingerprint density at radius 3 is 2.64 bits per heavy atom. The summed E-state index contributed by atoms with van der Waals surface area (Å²) in [6, 6.07) is 18.7. The Kier molecular flexibility index (Phi) is 5.58. The number of benzene rings is 1. The predicted octanol–water partition coefficient (Wildman–Crippen LogP) is 3.89. The van der Waals surface area contributed by atoms with Crippen LogP contribution < -0.4 is 10.6 Å². The molecule has 0 saturated carbocycles. The monoisotopic (exact) mass is 391 g/mol. The van der Waals surface area contributed by atoms with Crippen molar-refractivity contribution in [2.24, 2.45) is 7.05 Å². The molecule has 0 unspecified atom stereocenters. The van der Waals surface area contributed by atoms with Gasteiger partial charge in [-0.2, -0.15) is 0 Å². The minimum Gasteiger partial charge on any atom is -0.385 e. The molecule has 0 spiro atoms. The van der Waals surface area contributed by atoms with Crippen molar-refractivity contribution in [3.63, 3.8) is 0 Å². The summed E-state index contributed by atoms with van der Waals surface area (Å²) in [4.78, 5) is 6.88. The number of hydrogen-bond acceptors (Lipinski definition) is 3. The Hall–Kier alpha value is -2.86. The number of para-hydroxylation sites is 1. The molecule has 144 valence electrons. The molecule has 3 heterocycles. The van der Waals surface area contributed by atoms with Gasteiger partial charge in [-0.3, -0.25) is 4.98 Å². The van der Waals surface area contributed by atoms with Crippen molar-refractivity contribution in [3.05, 3.63) is 84.4 Å². The number of nitrogens with one attached hydrogen (secondary N) is 2. The standard InChI is InChI=1S/C22H25N5S/c1-26-15-11-17(16-26)21-20(19-10-5-6-12-24-19)25-22(28)27(21)14-7-13-23-18-8-3-2-4-9-18/h2-6,8-12,15-16,20-21,23H,7,13-14H2,1H3,(H,25,28)/t20-,21-/m1/s1. The molecule has 5 nitrogen and oxygen atoms in total. The van der Waals surface area contributed by atoms with Crippen LogP contribution in [0.25, 0.3) is 0 Å². The van der Waals surface area contributed by atoms with Crippen LogP contribution in [0.3, 0.4) is 0 Å². The Labute approximate surface area is 171 Å². The van der Waals surface area contributed by atoms with Gasteiger partial charge in [0, 0.05) is 44.4 Å². The highest BCUT2D eigenvalue weighted by Crippen LogP contribution is 2.38. The second kappa shape index (κ2) is 8.44. The van der Waals surface area contributed by atoms with Crippen molar-refractivity contribution in [2.75, 3.05) is 18.4 Å². The molecule has 0 radical (unpaired) electrons. The molecule has 1 aliphatic rings. The lowest BCUT2D eigenvalue weighted by Gasteiger charge is -2.27. The molecule has 6 heteroatoms. The third kappa shape index (κ3) is 4.02. The molecule has 0 aliphatic carbocycles. The fourth-order valence-corrected chi connectivity index (χ4v) is 4.08. The van der Waals surface area contributed by atoms with Crippen molar-refractivity contribution >= 4 is 23.0 Å². The van der Waals surface area contributed by atoms with Crippen LogP contribution in [0.1, 0.15) is 29.8 Å². The molecular formula is C22H25N5S. The maximum Gasteiger partial charge on any atom is 0.170 e. The van der Waals surface area contributed by atoms with Crippen molar-refractivity contribution in [3.8, 4) is 0 Å². The first-order chi connectivity index (χ1) is 13.7. The summed E-state index contributed by atoms with van der Waals surface area (Å²) in [5.41, 5.74) is 3.42. The third-order valence-electron chi connectivity index (χ3n) is 5.07. The first-order valence-corrected chi connectivity index (χ1v) is 10.0. The molecule has 1 aliphatic heterocycles. The second-order valence-corrected chi connectivity index (χ2v) is 7.46. The number of rotatable bonds is 7. The predicted molar refractivity (Wildman–Crippen MR) is 117 cm³/mol. The molecule has 2 atom stereocenters. The molecule has 28 heavy (non-hydrogen) atoms. The van der Waals surface area contributed by atoms with E-state index in [0.29, 0.717) is 0 Å². The number of aryl methyl sites for hydroxylation is 1. The van der Waals surface area contributed by atoms with Crippen LogP contribution in [0.5, 0.6) is 0 Å². The van der Waals surface area contributed by atoms with Crippen molar-refractivity contribution < 1.29 is 0 Å². The van der Waals surface area contributed by atoms with Gasteiger partial charge in [0.25, 0.3) is 0 Å². The van der Waals surface area contributed by atoms with E-state index >= 15 is 0 Å². The lowest BCUT2D eigenvalue weighted by Crippen LogP contribution is -2.31. The van der Waals surface area contributed by atoms with E-state index in [9.17, 15) is 0 Å². The fourth-order valence-electron chi connectivity index (χ4n) is 3.75. The van der Waals surface area contributed by atoms with E-state index in [1.165, 1.54) is 5.56 Å². The molecule has 0 bridgehead atoms. The first kappa shape index (κ1) is 18.5. The van der Waals surface area contributed by atoms with Crippen molar-refractivity contribution in [1.82, 2.24) is 19.8 Å². The second-order valence-electron chi connectivity index (χ2n) is 7.08. The van der Waals surface area contributed by atoms with Crippen LogP contribution >= 0.6 is 12.2 Å². The lowest BCUT2D eigenvalue weighted by atomic mass is 9.99. The average Bonchev–Trinajstić information content (AvgIpc) is 3.29. The van der Waals surface area contributed by atoms with Crippen LogP contribution in [0.4, 0.5) is 5.69 Å². The zero-order chi connectivity index (χ0) is 19.3. The summed E-state index contributed by atoms with van der Waals surface area (Å²) in [6.07, 6.45) is 7.09. The summed E-state index contributed by atoms with van der Waals surface area (Å²) in [5, 5.41) is 7.78. The number of thiocarbonyl (C=S) groups is 1. The summed E-state index contributed by atoms with van der Waals surface area (Å²) in [5.74, 6) is 0. The maximum absolute atomic E-state index is 5.70. The largest absolute Gasteiger partial charge is 0.385 e. The first-order valence-electron chi connectivity index (χ1n) is 9.61. The van der Waals surface area contributed by atoms with Gasteiger partial charge in [0.2, 0.25) is 0 Å². The van der Waals surface area contributed by atoms with E-state index in [-0.39, 0.29) is 12.1 Å². The minimum absolute atomic E-state index is 0.0539. The number of anilines is 1. The summed E-state index contributed by atoms with van der Waals surface area (Å²) in [7, 11) is 2.05. The fraction of sp³-hybridized carbons (Fsp3) is 0.273. The van der Waals surface area contributed by atoms with Gasteiger partial charge in [-0.05, 0) is 54.5 Å². The van der Waals surface area contributed by atoms with Crippen LogP contribution in [-0.4, -0.2) is 32.7 Å². The average molecular weight is 392 g/mol. The highest BCUT2D eigenvalue weighted by Gasteiger charge is 2.39. The van der Waals surface area contributed by atoms with Crippen LogP contribution in [0.2, 0.25) is 0 Å². The molecule has 2 N–H and O–H groups in total. The van der Waals surface area contributed by atoms with E-state index in [2.05, 4.69) is 61.7 Å². The van der Waals surface area contributed by atoms with E-state index < -0.39 is 0 Å². The van der Waals surface area contributed by atoms with Crippen LogP contribution in [0.15, 0.2) is 73.2 Å². The van der Waals surface area contributed by atoms with Gasteiger partial charge in [0.05, 0.1) is 17.8 Å². The minimum atomic E-state index is 0.0539. The third-order valence-corrected chi connectivity index (χ3v) is 5.43. The SMILES string of the molecule is Cn1ccc([C@@H]2[C@@H](c3ccccn3)NC(=S)N2CCCNc2ccccc2)c1. The molecule has 2 aromatic heterocycles. The summed E-state index contributed by atoms with van der Waals surface area (Å²) in [6.45, 7) is 1.79. The van der Waals surface area contributed by atoms with E-state index in [1.54, 1.807) is 0 Å². The highest BCUT2D eigenvalue weighted by atomic mass is 32.1. The van der Waals surface area contributed by atoms with Crippen LogP contribution in [-0.2, 0) is 7.05 Å². The Balaban J connectivity index is 1.48. The Bertz CT molecular complexity index is 909. The molecule has 4 rings (SSSR count). The van der Waals surface area contributed by atoms with Crippen LogP contribution in [0, 0.1) is 0 Å². The quantitative estimate of drug-likeness (QED) is 0.473. The molecule has 3 aromatic rings. The van der Waals surface area contributed by atoms with Gasteiger partial charge in [-0.1, -0.05) is 24.3 Å². The maximum atomic E-state index is 5.70. The van der Waals surface area contributed by atoms with E-state index in [0.717, 1.165) is 36.0 Å². The van der Waals surface area contributed by atoms with Gasteiger partial charge in [-0.25, -0.2) is 0 Å². The lowest BCUT2D eigenvalue weighted by molar-refractivity contribution is 0.316. The number of nitrogens with zero attached hydrogens (tertiary/aromatic N) is 3. The topological polar surface area (TPSA) is 45.1 Å². The van der Waals surface area contributed by atoms with Crippen molar-refractivity contribution in [1.29, 1.82) is 0 Å². The molecule has 1 fully saturated rings. The molecule has 1 aromatic carbocycles. The van der Waals surface area contributed by atoms with Gasteiger partial charge in [0.15, 0.2) is 5.11 Å². The smallest absolute Gasteiger partial charge is 0.170 e. The molecule has 1 saturated heterocycles. The number of hydrogen-bond donors (Lipinski definition) is 2. The van der Waals surface area contributed by atoms with E-state index in [1.807, 2.05) is 43.6 Å². The van der Waals surface area contributed by atoms with Gasteiger partial charge in [0.1, 0.15) is 0 Å². The number of pyridine rings is 1. The van der Waals surface area contributed by atoms with Crippen molar-refractivity contribution in [2.45, 2.75) is 18.5 Å². The summed E-state index contributed by atoms with van der Waals surface area (Å²) >= 11 is 5.70. The zero-order valence-electron chi connectivity index (χ0n) is 16.0. The zero-order valence-corrected chi connectivity index (χ0v) is 16.8. The molecular weight excluding hydrogens is 366 g/mol. The van der Waals surface area contributed by atoms with Gasteiger partial charge >= 0.3 is 0 Å². The Morgan fingerprint density at radius 2 is 1.93 bits per heavy atom. The van der Waals surface area contributed by atoms with Gasteiger partial charge < -0.3 is 20.1 Å². The summed E-state index contributed by atoms with van der Waals surface area (Å²) < 4.78 is 2.08. The number of aromatic nitrogens is 2. The highest BCUT2D eigenvalue weighted by molar-refractivity contribution is 7.80. The molecule has 0 amide bonds. The normalized spacial score (nSPS) is 18.9. The van der Waals surface area contributed by atoms with E-state index in [4.69, 9.17) is 12.2 Å². The Morgan fingerprint density at radius 1 is 1.11 bits per heavy atom.